The van der Waals surface area contributed by atoms with Gasteiger partial charge in [0.25, 0.3) is 15.9 Å². The Bertz CT molecular complexity index is 1280. The Morgan fingerprint density at radius 1 is 1.09 bits per heavy atom. The first kappa shape index (κ1) is 25.0. The monoisotopic (exact) mass is 484 g/mol. The van der Waals surface area contributed by atoms with E-state index in [-0.39, 0.29) is 34.1 Å². The number of nitrogens with one attached hydrogen (secondary N) is 1. The SMILES string of the molecule is CCCCOC(=O)c1ccccc1NC(=O)c1cnn(C)c1N(C)S(=O)(=O)c1ccc(C)cc1. The van der Waals surface area contributed by atoms with Crippen LogP contribution in [0.15, 0.2) is 59.6 Å². The van der Waals surface area contributed by atoms with Crippen LogP contribution in [0.4, 0.5) is 11.5 Å². The number of nitrogens with zero attached hydrogens (tertiary/aromatic N) is 3. The lowest BCUT2D eigenvalue weighted by Gasteiger charge is -2.21. The van der Waals surface area contributed by atoms with Crippen molar-refractivity contribution in [1.82, 2.24) is 9.78 Å². The van der Waals surface area contributed by atoms with Gasteiger partial charge in [0, 0.05) is 14.1 Å². The first-order valence-electron chi connectivity index (χ1n) is 10.8. The Kier molecular flexibility index (Phi) is 7.72. The molecule has 0 aliphatic heterocycles. The van der Waals surface area contributed by atoms with Crippen LogP contribution < -0.4 is 9.62 Å². The topological polar surface area (TPSA) is 111 Å². The molecule has 1 aromatic heterocycles. The molecule has 0 aliphatic carbocycles. The highest BCUT2D eigenvalue weighted by atomic mass is 32.2. The molecule has 3 aromatic rings. The second-order valence-corrected chi connectivity index (χ2v) is 9.75. The number of aromatic nitrogens is 2. The lowest BCUT2D eigenvalue weighted by molar-refractivity contribution is 0.0501. The summed E-state index contributed by atoms with van der Waals surface area (Å²) < 4.78 is 34.0. The zero-order chi connectivity index (χ0) is 24.9. The van der Waals surface area contributed by atoms with Crippen molar-refractivity contribution in [2.24, 2.45) is 7.05 Å². The summed E-state index contributed by atoms with van der Waals surface area (Å²) in [4.78, 5) is 25.7. The number of carbonyl (C=O) groups is 2. The normalized spacial score (nSPS) is 11.2. The average Bonchev–Trinajstić information content (AvgIpc) is 3.20. The Labute approximate surface area is 199 Å². The predicted molar refractivity (Wildman–Crippen MR) is 130 cm³/mol. The molecule has 180 valence electrons. The van der Waals surface area contributed by atoms with Gasteiger partial charge in [0.2, 0.25) is 0 Å². The molecule has 34 heavy (non-hydrogen) atoms. The summed E-state index contributed by atoms with van der Waals surface area (Å²) in [6.07, 6.45) is 2.91. The number of ether oxygens (including phenoxy) is 1. The molecule has 1 heterocycles. The summed E-state index contributed by atoms with van der Waals surface area (Å²) in [5, 5.41) is 6.78. The Morgan fingerprint density at radius 3 is 2.44 bits per heavy atom. The number of carbonyl (C=O) groups excluding carboxylic acids is 2. The van der Waals surface area contributed by atoms with Crippen LogP contribution in [0.25, 0.3) is 0 Å². The van der Waals surface area contributed by atoms with E-state index in [4.69, 9.17) is 4.74 Å². The van der Waals surface area contributed by atoms with Crippen LogP contribution in [0, 0.1) is 6.92 Å². The minimum Gasteiger partial charge on any atom is -0.462 e. The van der Waals surface area contributed by atoms with Crippen molar-refractivity contribution in [2.75, 3.05) is 23.3 Å². The van der Waals surface area contributed by atoms with Crippen LogP contribution in [-0.4, -0.2) is 43.7 Å². The summed E-state index contributed by atoms with van der Waals surface area (Å²) >= 11 is 0. The van der Waals surface area contributed by atoms with Gasteiger partial charge in [0.05, 0.1) is 29.0 Å². The van der Waals surface area contributed by atoms with Crippen molar-refractivity contribution in [3.63, 3.8) is 0 Å². The van der Waals surface area contributed by atoms with E-state index in [1.165, 1.54) is 30.1 Å². The summed E-state index contributed by atoms with van der Waals surface area (Å²) in [5.74, 6) is -1.07. The van der Waals surface area contributed by atoms with E-state index < -0.39 is 21.9 Å². The summed E-state index contributed by atoms with van der Waals surface area (Å²) in [6, 6.07) is 12.9. The maximum atomic E-state index is 13.2. The number of anilines is 2. The van der Waals surface area contributed by atoms with Gasteiger partial charge in [0.1, 0.15) is 5.56 Å². The molecule has 0 saturated carbocycles. The van der Waals surface area contributed by atoms with Crippen LogP contribution in [-0.2, 0) is 21.8 Å². The molecule has 0 aliphatic rings. The van der Waals surface area contributed by atoms with E-state index in [0.717, 1.165) is 22.7 Å². The fraction of sp³-hybridized carbons (Fsp3) is 0.292. The Balaban J connectivity index is 1.89. The van der Waals surface area contributed by atoms with Crippen molar-refractivity contribution < 1.29 is 22.7 Å². The first-order chi connectivity index (χ1) is 16.2. The molecule has 0 unspecified atom stereocenters. The van der Waals surface area contributed by atoms with Crippen LogP contribution in [0.1, 0.15) is 46.0 Å². The molecule has 9 nitrogen and oxygen atoms in total. The van der Waals surface area contributed by atoms with Crippen molar-refractivity contribution in [3.05, 3.63) is 71.4 Å². The number of esters is 1. The fourth-order valence-electron chi connectivity index (χ4n) is 3.29. The van der Waals surface area contributed by atoms with Gasteiger partial charge in [0.15, 0.2) is 5.82 Å². The molecule has 1 amide bonds. The lowest BCUT2D eigenvalue weighted by atomic mass is 10.1. The third kappa shape index (κ3) is 5.28. The zero-order valence-corrected chi connectivity index (χ0v) is 20.4. The fourth-order valence-corrected chi connectivity index (χ4v) is 4.53. The summed E-state index contributed by atoms with van der Waals surface area (Å²) in [7, 11) is -1.04. The van der Waals surface area contributed by atoms with Gasteiger partial charge in [-0.25, -0.2) is 13.2 Å². The van der Waals surface area contributed by atoms with Crippen molar-refractivity contribution >= 4 is 33.4 Å². The number of amides is 1. The number of sulfonamides is 1. The van der Waals surface area contributed by atoms with Gasteiger partial charge in [-0.15, -0.1) is 0 Å². The number of hydrogen-bond acceptors (Lipinski definition) is 6. The van der Waals surface area contributed by atoms with Crippen molar-refractivity contribution in [1.29, 1.82) is 0 Å². The van der Waals surface area contributed by atoms with Crippen LogP contribution in [0.2, 0.25) is 0 Å². The molecule has 0 atom stereocenters. The third-order valence-corrected chi connectivity index (χ3v) is 7.02. The zero-order valence-electron chi connectivity index (χ0n) is 19.6. The highest BCUT2D eigenvalue weighted by molar-refractivity contribution is 7.92. The van der Waals surface area contributed by atoms with Gasteiger partial charge < -0.3 is 10.1 Å². The largest absolute Gasteiger partial charge is 0.462 e. The van der Waals surface area contributed by atoms with Crippen molar-refractivity contribution in [2.45, 2.75) is 31.6 Å². The Hall–Kier alpha value is -3.66. The van der Waals surface area contributed by atoms with Crippen LogP contribution in [0.5, 0.6) is 0 Å². The molecule has 3 rings (SSSR count). The van der Waals surface area contributed by atoms with E-state index in [2.05, 4.69) is 10.4 Å². The molecule has 0 radical (unpaired) electrons. The number of rotatable bonds is 9. The minimum absolute atomic E-state index is 0.0369. The molecule has 0 spiro atoms. The lowest BCUT2D eigenvalue weighted by Crippen LogP contribution is -2.30. The van der Waals surface area contributed by atoms with Crippen LogP contribution >= 0.6 is 0 Å². The van der Waals surface area contributed by atoms with E-state index in [1.807, 2.05) is 13.8 Å². The molecule has 0 saturated heterocycles. The van der Waals surface area contributed by atoms with E-state index in [1.54, 1.807) is 43.4 Å². The molecule has 0 bridgehead atoms. The number of benzene rings is 2. The summed E-state index contributed by atoms with van der Waals surface area (Å²) in [6.45, 7) is 4.14. The molecular weight excluding hydrogens is 456 g/mol. The number of aryl methyl sites for hydroxylation is 2. The van der Waals surface area contributed by atoms with Gasteiger partial charge in [-0.2, -0.15) is 5.10 Å². The smallest absolute Gasteiger partial charge is 0.340 e. The third-order valence-electron chi connectivity index (χ3n) is 5.26. The quantitative estimate of drug-likeness (QED) is 0.366. The molecule has 10 heteroatoms. The van der Waals surface area contributed by atoms with E-state index >= 15 is 0 Å². The molecular formula is C24H28N4O5S. The van der Waals surface area contributed by atoms with Gasteiger partial charge >= 0.3 is 5.97 Å². The average molecular weight is 485 g/mol. The number of para-hydroxylation sites is 1. The second kappa shape index (κ2) is 10.5. The molecule has 2 aromatic carbocycles. The predicted octanol–water partition coefficient (Wildman–Crippen LogP) is 3.76. The van der Waals surface area contributed by atoms with Crippen molar-refractivity contribution in [3.8, 4) is 0 Å². The first-order valence-corrected chi connectivity index (χ1v) is 12.3. The maximum absolute atomic E-state index is 13.2. The minimum atomic E-state index is -3.95. The standard InChI is InChI=1S/C24H28N4O5S/c1-5-6-15-33-24(30)19-9-7-8-10-21(19)26-22(29)20-16-25-27(3)23(20)28(4)34(31,32)18-13-11-17(2)12-14-18/h7-14,16H,5-6,15H2,1-4H3,(H,26,29). The van der Waals surface area contributed by atoms with Gasteiger partial charge in [-0.3, -0.25) is 13.8 Å². The highest BCUT2D eigenvalue weighted by Gasteiger charge is 2.29. The number of hydrogen-bond donors (Lipinski definition) is 1. The number of unbranched alkanes of at least 4 members (excludes halogenated alkanes) is 1. The van der Waals surface area contributed by atoms with Crippen LogP contribution in [0.3, 0.4) is 0 Å². The van der Waals surface area contributed by atoms with Gasteiger partial charge in [-0.1, -0.05) is 43.2 Å². The van der Waals surface area contributed by atoms with E-state index in [9.17, 15) is 18.0 Å². The molecule has 1 N–H and O–H groups in total. The second-order valence-electron chi connectivity index (χ2n) is 7.78. The molecule has 0 fully saturated rings. The van der Waals surface area contributed by atoms with Gasteiger partial charge in [-0.05, 0) is 37.6 Å². The highest BCUT2D eigenvalue weighted by Crippen LogP contribution is 2.27. The summed E-state index contributed by atoms with van der Waals surface area (Å²) in [5.41, 5.74) is 1.43. The Morgan fingerprint density at radius 2 is 1.76 bits per heavy atom. The maximum Gasteiger partial charge on any atom is 0.340 e. The van der Waals surface area contributed by atoms with E-state index in [0.29, 0.717) is 0 Å².